The summed E-state index contributed by atoms with van der Waals surface area (Å²) < 4.78 is 5.97. The number of carbonyl (C=O) groups excluding carboxylic acids is 1. The Balaban J connectivity index is 1.44. The van der Waals surface area contributed by atoms with Crippen molar-refractivity contribution in [1.82, 2.24) is 0 Å². The van der Waals surface area contributed by atoms with Gasteiger partial charge in [-0.25, -0.2) is 0 Å². The fourth-order valence-corrected chi connectivity index (χ4v) is 9.18. The van der Waals surface area contributed by atoms with Gasteiger partial charge in [-0.2, -0.15) is 0 Å². The topological polar surface area (TPSA) is 63.6 Å². The number of esters is 1. The van der Waals surface area contributed by atoms with Crippen molar-refractivity contribution < 1.29 is 19.4 Å². The van der Waals surface area contributed by atoms with E-state index in [1.165, 1.54) is 44.9 Å². The normalized spacial score (nSPS) is 43.7. The van der Waals surface area contributed by atoms with E-state index in [2.05, 4.69) is 20.8 Å². The third-order valence-electron chi connectivity index (χ3n) is 11.1. The number of hydrogen-bond donors (Lipinski definition) is 1. The Kier molecular flexibility index (Phi) is 6.73. The molecule has 4 nitrogen and oxygen atoms in total. The van der Waals surface area contributed by atoms with E-state index >= 15 is 0 Å². The van der Waals surface area contributed by atoms with Gasteiger partial charge < -0.3 is 9.84 Å². The molecule has 0 amide bonds. The average molecular weight is 461 g/mol. The highest BCUT2D eigenvalue weighted by Crippen LogP contribution is 2.68. The lowest BCUT2D eigenvalue weighted by Crippen LogP contribution is -2.54. The van der Waals surface area contributed by atoms with Gasteiger partial charge in [0.05, 0.1) is 5.41 Å². The standard InChI is InChI=1S/C29H48O4/c1-18(7-12-25(30)31)22-10-11-23-21-9-8-19-17-20(33-26(32)27(2,3)4)13-15-28(19,5)24(21)14-16-29(22,23)6/h18-24H,7-17H2,1-6H3,(H,30,31)/t18-,19?,20-,21?,22?,23?,24?,28+,29-/m1/s1. The van der Waals surface area contributed by atoms with Crippen molar-refractivity contribution in [2.75, 3.05) is 0 Å². The van der Waals surface area contributed by atoms with Crippen LogP contribution in [-0.2, 0) is 14.3 Å². The van der Waals surface area contributed by atoms with Gasteiger partial charge >= 0.3 is 11.9 Å². The molecule has 0 bridgehead atoms. The molecule has 188 valence electrons. The van der Waals surface area contributed by atoms with Crippen LogP contribution >= 0.6 is 0 Å². The number of carboxylic acid groups (broad SMARTS) is 1. The predicted octanol–water partition coefficient (Wildman–Crippen LogP) is 7.10. The summed E-state index contributed by atoms with van der Waals surface area (Å²) in [5, 5.41) is 9.17. The maximum Gasteiger partial charge on any atom is 0.311 e. The van der Waals surface area contributed by atoms with Gasteiger partial charge in [-0.3, -0.25) is 9.59 Å². The molecule has 0 saturated heterocycles. The van der Waals surface area contributed by atoms with Crippen molar-refractivity contribution in [2.45, 2.75) is 118 Å². The molecule has 4 saturated carbocycles. The maximum atomic E-state index is 12.5. The maximum absolute atomic E-state index is 12.5. The molecular weight excluding hydrogens is 412 g/mol. The molecule has 33 heavy (non-hydrogen) atoms. The predicted molar refractivity (Wildman–Crippen MR) is 131 cm³/mol. The van der Waals surface area contributed by atoms with Gasteiger partial charge in [0.1, 0.15) is 6.10 Å². The van der Waals surface area contributed by atoms with Crippen molar-refractivity contribution in [2.24, 2.45) is 51.8 Å². The summed E-state index contributed by atoms with van der Waals surface area (Å²) in [5.41, 5.74) is 0.358. The van der Waals surface area contributed by atoms with E-state index in [0.717, 1.165) is 37.0 Å². The van der Waals surface area contributed by atoms with Crippen LogP contribution in [0.2, 0.25) is 0 Å². The van der Waals surface area contributed by atoms with Crippen LogP contribution in [0.25, 0.3) is 0 Å². The van der Waals surface area contributed by atoms with Crippen molar-refractivity contribution in [3.05, 3.63) is 0 Å². The Labute approximate surface area is 201 Å². The first-order valence-corrected chi connectivity index (χ1v) is 13.8. The van der Waals surface area contributed by atoms with Gasteiger partial charge in [-0.1, -0.05) is 20.8 Å². The lowest BCUT2D eigenvalue weighted by atomic mass is 9.44. The molecule has 0 aromatic carbocycles. The molecule has 5 unspecified atom stereocenters. The number of carboxylic acids is 1. The lowest BCUT2D eigenvalue weighted by molar-refractivity contribution is -0.170. The number of rotatable bonds is 5. The quantitative estimate of drug-likeness (QED) is 0.444. The monoisotopic (exact) mass is 460 g/mol. The van der Waals surface area contributed by atoms with E-state index in [9.17, 15) is 14.7 Å². The van der Waals surface area contributed by atoms with Gasteiger partial charge in [0.15, 0.2) is 0 Å². The molecular formula is C29H48O4. The molecule has 0 aromatic rings. The van der Waals surface area contributed by atoms with Gasteiger partial charge in [0.2, 0.25) is 0 Å². The van der Waals surface area contributed by atoms with Gasteiger partial charge in [-0.05, 0) is 131 Å². The largest absolute Gasteiger partial charge is 0.481 e. The third kappa shape index (κ3) is 4.49. The molecule has 4 heteroatoms. The van der Waals surface area contributed by atoms with Crippen molar-refractivity contribution in [3.63, 3.8) is 0 Å². The molecule has 0 radical (unpaired) electrons. The molecule has 0 aliphatic heterocycles. The molecule has 4 rings (SSSR count). The summed E-state index contributed by atoms with van der Waals surface area (Å²) in [4.78, 5) is 23.6. The Morgan fingerprint density at radius 2 is 1.64 bits per heavy atom. The Morgan fingerprint density at radius 3 is 2.30 bits per heavy atom. The molecule has 4 aliphatic rings. The summed E-state index contributed by atoms with van der Waals surface area (Å²) in [6.45, 7) is 13.3. The van der Waals surface area contributed by atoms with Gasteiger partial charge in [-0.15, -0.1) is 0 Å². The second kappa shape index (κ2) is 8.86. The minimum atomic E-state index is -0.653. The first-order valence-electron chi connectivity index (χ1n) is 13.8. The first-order chi connectivity index (χ1) is 15.4. The minimum absolute atomic E-state index is 0.0489. The molecule has 1 N–H and O–H groups in total. The second-order valence-electron chi connectivity index (χ2n) is 13.8. The van der Waals surface area contributed by atoms with Gasteiger partial charge in [0, 0.05) is 6.42 Å². The number of carbonyl (C=O) groups is 2. The summed E-state index contributed by atoms with van der Waals surface area (Å²) in [7, 11) is 0. The number of fused-ring (bicyclic) bond motifs is 5. The van der Waals surface area contributed by atoms with Crippen molar-refractivity contribution in [3.8, 4) is 0 Å². The third-order valence-corrected chi connectivity index (χ3v) is 11.1. The van der Waals surface area contributed by atoms with Crippen molar-refractivity contribution >= 4 is 11.9 Å². The molecule has 0 aromatic heterocycles. The van der Waals surface area contributed by atoms with Crippen LogP contribution in [0.5, 0.6) is 0 Å². The van der Waals surface area contributed by atoms with Crippen LogP contribution in [-0.4, -0.2) is 23.1 Å². The summed E-state index contributed by atoms with van der Waals surface area (Å²) in [5.74, 6) is 3.61. The lowest BCUT2D eigenvalue weighted by Gasteiger charge is -2.61. The number of aliphatic carboxylic acids is 1. The van der Waals surface area contributed by atoms with Crippen LogP contribution < -0.4 is 0 Å². The Morgan fingerprint density at radius 1 is 0.970 bits per heavy atom. The summed E-state index contributed by atoms with van der Waals surface area (Å²) >= 11 is 0. The number of hydrogen-bond acceptors (Lipinski definition) is 3. The highest BCUT2D eigenvalue weighted by molar-refractivity contribution is 5.75. The van der Waals surface area contributed by atoms with Gasteiger partial charge in [0.25, 0.3) is 0 Å². The molecule has 0 heterocycles. The van der Waals surface area contributed by atoms with E-state index in [1.54, 1.807) is 0 Å². The summed E-state index contributed by atoms with van der Waals surface area (Å²) in [6, 6.07) is 0. The zero-order valence-electron chi connectivity index (χ0n) is 22.0. The zero-order valence-corrected chi connectivity index (χ0v) is 22.0. The van der Waals surface area contributed by atoms with Crippen LogP contribution in [0.1, 0.15) is 112 Å². The number of ether oxygens (including phenoxy) is 1. The van der Waals surface area contributed by atoms with E-state index in [1.807, 2.05) is 20.8 Å². The van der Waals surface area contributed by atoms with E-state index < -0.39 is 11.4 Å². The van der Waals surface area contributed by atoms with Crippen LogP contribution in [0, 0.1) is 51.8 Å². The Hall–Kier alpha value is -1.06. The Bertz CT molecular complexity index is 753. The zero-order chi connectivity index (χ0) is 24.2. The van der Waals surface area contributed by atoms with Crippen LogP contribution in [0.3, 0.4) is 0 Å². The first kappa shape index (κ1) is 25.0. The average Bonchev–Trinajstić information content (AvgIpc) is 3.08. The molecule has 4 fully saturated rings. The second-order valence-corrected chi connectivity index (χ2v) is 13.8. The van der Waals surface area contributed by atoms with E-state index in [4.69, 9.17) is 4.74 Å². The van der Waals surface area contributed by atoms with Crippen molar-refractivity contribution in [1.29, 1.82) is 0 Å². The smallest absolute Gasteiger partial charge is 0.311 e. The molecule has 0 spiro atoms. The highest BCUT2D eigenvalue weighted by atomic mass is 16.5. The minimum Gasteiger partial charge on any atom is -0.481 e. The molecule has 4 aliphatic carbocycles. The van der Waals surface area contributed by atoms with E-state index in [-0.39, 0.29) is 12.1 Å². The highest BCUT2D eigenvalue weighted by Gasteiger charge is 2.60. The van der Waals surface area contributed by atoms with Crippen LogP contribution in [0.15, 0.2) is 0 Å². The fraction of sp³-hybridized carbons (Fsp3) is 0.931. The summed E-state index contributed by atoms with van der Waals surface area (Å²) in [6.07, 6.45) is 12.4. The van der Waals surface area contributed by atoms with Crippen LogP contribution in [0.4, 0.5) is 0 Å². The molecule has 9 atom stereocenters. The fourth-order valence-electron chi connectivity index (χ4n) is 9.18. The SMILES string of the molecule is C[C@H](CCC(=O)O)C1CCC2C3CCC4C[C@H](OC(=O)C(C)(C)C)CC[C@]4(C)C3CC[C@@]21C. The van der Waals surface area contributed by atoms with E-state index in [0.29, 0.717) is 35.0 Å².